The van der Waals surface area contributed by atoms with Gasteiger partial charge in [-0.2, -0.15) is 4.52 Å². The van der Waals surface area contributed by atoms with E-state index in [1.165, 1.54) is 11.3 Å². The van der Waals surface area contributed by atoms with Gasteiger partial charge in [0.2, 0.25) is 9.97 Å². The summed E-state index contributed by atoms with van der Waals surface area (Å²) in [5.41, 5.74) is 1.87. The van der Waals surface area contributed by atoms with Crippen molar-refractivity contribution < 1.29 is 4.79 Å². The summed E-state index contributed by atoms with van der Waals surface area (Å²) in [7, 11) is 0. The second kappa shape index (κ2) is 4.63. The lowest BCUT2D eigenvalue weighted by Gasteiger charge is -2.03. The SMILES string of the molecule is Cc1cccc(NC(=O)c2nn3c(C4CC4)nnc3s2)c1. The van der Waals surface area contributed by atoms with Crippen LogP contribution in [0.15, 0.2) is 24.3 Å². The fourth-order valence-corrected chi connectivity index (χ4v) is 2.97. The molecule has 3 aromatic rings. The van der Waals surface area contributed by atoms with Gasteiger partial charge >= 0.3 is 0 Å². The highest BCUT2D eigenvalue weighted by atomic mass is 32.1. The number of nitrogens with zero attached hydrogens (tertiary/aromatic N) is 4. The van der Waals surface area contributed by atoms with Crippen LogP contribution in [0.25, 0.3) is 4.96 Å². The van der Waals surface area contributed by atoms with E-state index < -0.39 is 0 Å². The van der Waals surface area contributed by atoms with Crippen molar-refractivity contribution >= 4 is 27.9 Å². The van der Waals surface area contributed by atoms with Crippen LogP contribution in [-0.4, -0.2) is 25.7 Å². The molecule has 0 radical (unpaired) electrons. The number of anilines is 1. The van der Waals surface area contributed by atoms with Crippen molar-refractivity contribution in [1.82, 2.24) is 19.8 Å². The van der Waals surface area contributed by atoms with Crippen LogP contribution in [0, 0.1) is 6.92 Å². The lowest BCUT2D eigenvalue weighted by molar-refractivity contribution is 0.102. The Balaban J connectivity index is 1.62. The van der Waals surface area contributed by atoms with Gasteiger partial charge < -0.3 is 5.32 Å². The van der Waals surface area contributed by atoms with Gasteiger partial charge in [-0.05, 0) is 37.5 Å². The Morgan fingerprint density at radius 3 is 3.00 bits per heavy atom. The monoisotopic (exact) mass is 299 g/mol. The van der Waals surface area contributed by atoms with Crippen molar-refractivity contribution in [2.45, 2.75) is 25.7 Å². The van der Waals surface area contributed by atoms with Crippen molar-refractivity contribution in [3.8, 4) is 0 Å². The number of fused-ring (bicyclic) bond motifs is 1. The molecule has 7 heteroatoms. The Kier molecular flexibility index (Phi) is 2.75. The first-order chi connectivity index (χ1) is 10.2. The molecule has 1 fully saturated rings. The largest absolute Gasteiger partial charge is 0.320 e. The fourth-order valence-electron chi connectivity index (χ4n) is 2.23. The maximum Gasteiger partial charge on any atom is 0.286 e. The van der Waals surface area contributed by atoms with E-state index >= 15 is 0 Å². The lowest BCUT2D eigenvalue weighted by atomic mass is 10.2. The van der Waals surface area contributed by atoms with Crippen molar-refractivity contribution in [3.05, 3.63) is 40.7 Å². The topological polar surface area (TPSA) is 72.2 Å². The summed E-state index contributed by atoms with van der Waals surface area (Å²) in [5, 5.41) is 15.9. The van der Waals surface area contributed by atoms with E-state index in [-0.39, 0.29) is 5.91 Å². The molecule has 0 atom stereocenters. The first kappa shape index (κ1) is 12.5. The summed E-state index contributed by atoms with van der Waals surface area (Å²) < 4.78 is 1.70. The van der Waals surface area contributed by atoms with Crippen molar-refractivity contribution in [2.75, 3.05) is 5.32 Å². The van der Waals surface area contributed by atoms with Crippen LogP contribution >= 0.6 is 11.3 Å². The number of rotatable bonds is 3. The second-order valence-corrected chi connectivity index (χ2v) is 6.21. The highest BCUT2D eigenvalue weighted by molar-refractivity contribution is 7.18. The molecule has 1 aliphatic carbocycles. The number of aryl methyl sites for hydroxylation is 1. The standard InChI is InChI=1S/C14H13N5OS/c1-8-3-2-4-10(7-8)15-12(20)13-18-19-11(9-5-6-9)16-17-14(19)21-13/h2-4,7,9H,5-6H2,1H3,(H,15,20). The van der Waals surface area contributed by atoms with Gasteiger partial charge in [0.1, 0.15) is 0 Å². The third-order valence-electron chi connectivity index (χ3n) is 3.43. The van der Waals surface area contributed by atoms with E-state index in [0.29, 0.717) is 15.9 Å². The van der Waals surface area contributed by atoms with E-state index in [0.717, 1.165) is 29.9 Å². The Hall–Kier alpha value is -2.28. The third kappa shape index (κ3) is 2.29. The zero-order valence-corrected chi connectivity index (χ0v) is 12.2. The molecule has 0 aliphatic heterocycles. The number of aromatic nitrogens is 4. The molecule has 6 nitrogen and oxygen atoms in total. The zero-order chi connectivity index (χ0) is 14.4. The molecule has 106 valence electrons. The number of carbonyl (C=O) groups excluding carboxylic acids is 1. The molecule has 0 unspecified atom stereocenters. The third-order valence-corrected chi connectivity index (χ3v) is 4.33. The number of carbonyl (C=O) groups is 1. The van der Waals surface area contributed by atoms with Gasteiger partial charge in [-0.15, -0.1) is 15.3 Å². The number of nitrogens with one attached hydrogen (secondary N) is 1. The fraction of sp³-hybridized carbons (Fsp3) is 0.286. The molecule has 1 saturated carbocycles. The van der Waals surface area contributed by atoms with Crippen molar-refractivity contribution in [3.63, 3.8) is 0 Å². The molecular weight excluding hydrogens is 286 g/mol. The summed E-state index contributed by atoms with van der Waals surface area (Å²) in [6.07, 6.45) is 2.26. The Labute approximate surface area is 124 Å². The van der Waals surface area contributed by atoms with Crippen LogP contribution in [-0.2, 0) is 0 Å². The Morgan fingerprint density at radius 1 is 1.38 bits per heavy atom. The van der Waals surface area contributed by atoms with Crippen molar-refractivity contribution in [1.29, 1.82) is 0 Å². The molecule has 0 spiro atoms. The summed E-state index contributed by atoms with van der Waals surface area (Å²) in [6, 6.07) is 7.68. The minimum Gasteiger partial charge on any atom is -0.320 e. The maximum absolute atomic E-state index is 12.3. The average Bonchev–Trinajstić information content (AvgIpc) is 3.07. The normalized spacial score (nSPS) is 14.5. The summed E-state index contributed by atoms with van der Waals surface area (Å²) in [6.45, 7) is 1.99. The molecule has 1 aromatic carbocycles. The van der Waals surface area contributed by atoms with E-state index in [1.54, 1.807) is 4.52 Å². The lowest BCUT2D eigenvalue weighted by Crippen LogP contribution is -2.12. The molecular formula is C14H13N5OS. The second-order valence-electron chi connectivity index (χ2n) is 5.26. The van der Waals surface area contributed by atoms with Gasteiger partial charge in [0.05, 0.1) is 0 Å². The number of hydrogen-bond donors (Lipinski definition) is 1. The van der Waals surface area contributed by atoms with Crippen LogP contribution in [0.4, 0.5) is 5.69 Å². The summed E-state index contributed by atoms with van der Waals surface area (Å²) >= 11 is 1.26. The maximum atomic E-state index is 12.3. The summed E-state index contributed by atoms with van der Waals surface area (Å²) in [5.74, 6) is 1.11. The minimum atomic E-state index is -0.210. The molecule has 0 saturated heterocycles. The van der Waals surface area contributed by atoms with Gasteiger partial charge in [0, 0.05) is 11.6 Å². The van der Waals surface area contributed by atoms with Crippen LogP contribution in [0.2, 0.25) is 0 Å². The van der Waals surface area contributed by atoms with Crippen molar-refractivity contribution in [2.24, 2.45) is 0 Å². The van der Waals surface area contributed by atoms with E-state index in [2.05, 4.69) is 20.6 Å². The first-order valence-electron chi connectivity index (χ1n) is 6.81. The molecule has 1 aliphatic rings. The van der Waals surface area contributed by atoms with Crippen LogP contribution < -0.4 is 5.32 Å². The highest BCUT2D eigenvalue weighted by Crippen LogP contribution is 2.39. The van der Waals surface area contributed by atoms with Gasteiger partial charge in [-0.25, -0.2) is 0 Å². The average molecular weight is 299 g/mol. The predicted molar refractivity (Wildman–Crippen MR) is 79.8 cm³/mol. The van der Waals surface area contributed by atoms with Gasteiger partial charge in [-0.1, -0.05) is 23.5 Å². The summed E-state index contributed by atoms with van der Waals surface area (Å²) in [4.78, 5) is 12.9. The Bertz CT molecular complexity index is 833. The van der Waals surface area contributed by atoms with Gasteiger partial charge in [-0.3, -0.25) is 4.79 Å². The molecule has 2 heterocycles. The van der Waals surface area contributed by atoms with Gasteiger partial charge in [0.25, 0.3) is 5.91 Å². The van der Waals surface area contributed by atoms with Gasteiger partial charge in [0.15, 0.2) is 5.82 Å². The molecule has 0 bridgehead atoms. The molecule has 4 rings (SSSR count). The smallest absolute Gasteiger partial charge is 0.286 e. The number of amides is 1. The molecule has 1 N–H and O–H groups in total. The zero-order valence-electron chi connectivity index (χ0n) is 11.4. The highest BCUT2D eigenvalue weighted by Gasteiger charge is 2.30. The Morgan fingerprint density at radius 2 is 2.24 bits per heavy atom. The van der Waals surface area contributed by atoms with Crippen LogP contribution in [0.1, 0.15) is 39.9 Å². The minimum absolute atomic E-state index is 0.210. The molecule has 21 heavy (non-hydrogen) atoms. The molecule has 1 amide bonds. The number of hydrogen-bond acceptors (Lipinski definition) is 5. The quantitative estimate of drug-likeness (QED) is 0.807. The van der Waals surface area contributed by atoms with E-state index in [4.69, 9.17) is 0 Å². The first-order valence-corrected chi connectivity index (χ1v) is 7.62. The predicted octanol–water partition coefficient (Wildman–Crippen LogP) is 2.62. The van der Waals surface area contributed by atoms with Crippen LogP contribution in [0.5, 0.6) is 0 Å². The number of benzene rings is 1. The van der Waals surface area contributed by atoms with Crippen LogP contribution in [0.3, 0.4) is 0 Å². The molecule has 2 aromatic heterocycles. The van der Waals surface area contributed by atoms with E-state index in [9.17, 15) is 4.79 Å². The van der Waals surface area contributed by atoms with E-state index in [1.807, 2.05) is 31.2 Å².